The third-order valence-electron chi connectivity index (χ3n) is 5.43. The number of benzene rings is 2. The molecule has 0 unspecified atom stereocenters. The van der Waals surface area contributed by atoms with Crippen molar-refractivity contribution in [3.8, 4) is 0 Å². The van der Waals surface area contributed by atoms with Crippen LogP contribution in [0.15, 0.2) is 59.4 Å². The van der Waals surface area contributed by atoms with Crippen LogP contribution in [0, 0.1) is 0 Å². The lowest BCUT2D eigenvalue weighted by atomic mass is 10.1. The van der Waals surface area contributed by atoms with Crippen LogP contribution in [0.2, 0.25) is 0 Å². The number of carbonyl (C=O) groups excluding carboxylic acids is 1. The largest absolute Gasteiger partial charge is 0.383 e. The van der Waals surface area contributed by atoms with Crippen molar-refractivity contribution in [2.75, 3.05) is 20.3 Å². The molecule has 0 saturated carbocycles. The number of ether oxygens (including phenoxy) is 1. The van der Waals surface area contributed by atoms with E-state index in [0.29, 0.717) is 36.2 Å². The van der Waals surface area contributed by atoms with Crippen molar-refractivity contribution in [2.45, 2.75) is 39.3 Å². The van der Waals surface area contributed by atoms with E-state index in [1.54, 1.807) is 19.2 Å². The van der Waals surface area contributed by atoms with Gasteiger partial charge in [-0.25, -0.2) is 4.68 Å². The summed E-state index contributed by atoms with van der Waals surface area (Å²) < 4.78 is 6.63. The number of methoxy groups -OCH3 is 1. The van der Waals surface area contributed by atoms with E-state index in [1.807, 2.05) is 47.4 Å². The van der Waals surface area contributed by atoms with Gasteiger partial charge in [-0.05, 0) is 24.5 Å². The summed E-state index contributed by atoms with van der Waals surface area (Å²) in [6.07, 6.45) is 1.68. The molecular formula is C24H29N3O3. The normalized spacial score (nSPS) is 11.2. The van der Waals surface area contributed by atoms with Crippen molar-refractivity contribution < 1.29 is 9.53 Å². The minimum absolute atomic E-state index is 0.0858. The molecule has 6 heteroatoms. The molecule has 1 amide bonds. The van der Waals surface area contributed by atoms with Crippen molar-refractivity contribution >= 4 is 16.7 Å². The average Bonchev–Trinajstić information content (AvgIpc) is 2.79. The minimum Gasteiger partial charge on any atom is -0.383 e. The maximum atomic E-state index is 13.6. The summed E-state index contributed by atoms with van der Waals surface area (Å²) >= 11 is 0. The lowest BCUT2D eigenvalue weighted by Crippen LogP contribution is -2.43. The Balaban J connectivity index is 2.12. The first kappa shape index (κ1) is 21.7. The highest BCUT2D eigenvalue weighted by Crippen LogP contribution is 2.19. The van der Waals surface area contributed by atoms with Gasteiger partial charge in [0.2, 0.25) is 0 Å². The van der Waals surface area contributed by atoms with Gasteiger partial charge in [0.1, 0.15) is 0 Å². The average molecular weight is 408 g/mol. The third kappa shape index (κ3) is 4.60. The second-order valence-electron chi connectivity index (χ2n) is 7.30. The monoisotopic (exact) mass is 407 g/mol. The van der Waals surface area contributed by atoms with Gasteiger partial charge in [-0.2, -0.15) is 5.10 Å². The number of carbonyl (C=O) groups is 1. The van der Waals surface area contributed by atoms with Crippen LogP contribution < -0.4 is 5.56 Å². The van der Waals surface area contributed by atoms with Crippen LogP contribution in [0.5, 0.6) is 0 Å². The number of hydrogen-bond acceptors (Lipinski definition) is 4. The smallest absolute Gasteiger partial charge is 0.275 e. The highest BCUT2D eigenvalue weighted by Gasteiger charge is 2.26. The summed E-state index contributed by atoms with van der Waals surface area (Å²) in [5.41, 5.74) is 1.07. The molecule has 1 heterocycles. The molecule has 3 rings (SSSR count). The molecule has 1 aromatic heterocycles. The van der Waals surface area contributed by atoms with Crippen molar-refractivity contribution in [2.24, 2.45) is 0 Å². The summed E-state index contributed by atoms with van der Waals surface area (Å²) in [5, 5.41) is 5.64. The molecule has 2 aromatic carbocycles. The Hall–Kier alpha value is -2.99. The molecule has 0 N–H and O–H groups in total. The van der Waals surface area contributed by atoms with Crippen molar-refractivity contribution in [3.63, 3.8) is 0 Å². The van der Waals surface area contributed by atoms with E-state index in [0.717, 1.165) is 18.4 Å². The standard InChI is InChI=1S/C24H29N3O3/c1-4-19(5-2)26(15-16-30-3)24(29)22-20-13-9-10-14-21(20)23(28)27(25-22)17-18-11-7-6-8-12-18/h6-14,19H,4-5,15-17H2,1-3H3. The molecule has 0 aliphatic heterocycles. The number of rotatable bonds is 9. The zero-order valence-corrected chi connectivity index (χ0v) is 17.9. The zero-order chi connectivity index (χ0) is 21.5. The quantitative estimate of drug-likeness (QED) is 0.542. The molecule has 0 spiro atoms. The lowest BCUT2D eigenvalue weighted by Gasteiger charge is -2.30. The maximum Gasteiger partial charge on any atom is 0.275 e. The molecule has 158 valence electrons. The first-order chi connectivity index (χ1) is 14.6. The van der Waals surface area contributed by atoms with Gasteiger partial charge in [0.05, 0.1) is 18.5 Å². The molecule has 0 aliphatic carbocycles. The minimum atomic E-state index is -0.197. The van der Waals surface area contributed by atoms with Gasteiger partial charge < -0.3 is 9.64 Å². The fourth-order valence-corrected chi connectivity index (χ4v) is 3.76. The van der Waals surface area contributed by atoms with Crippen LogP contribution in [-0.2, 0) is 11.3 Å². The number of hydrogen-bond donors (Lipinski definition) is 0. The van der Waals surface area contributed by atoms with E-state index < -0.39 is 0 Å². The topological polar surface area (TPSA) is 64.4 Å². The van der Waals surface area contributed by atoms with Crippen molar-refractivity contribution in [3.05, 3.63) is 76.2 Å². The van der Waals surface area contributed by atoms with E-state index >= 15 is 0 Å². The van der Waals surface area contributed by atoms with Crippen molar-refractivity contribution in [1.29, 1.82) is 0 Å². The molecule has 0 aliphatic rings. The van der Waals surface area contributed by atoms with Gasteiger partial charge in [-0.1, -0.05) is 62.4 Å². The highest BCUT2D eigenvalue weighted by atomic mass is 16.5. The van der Waals surface area contributed by atoms with Crippen LogP contribution >= 0.6 is 0 Å². The van der Waals surface area contributed by atoms with Crippen LogP contribution in [0.25, 0.3) is 10.8 Å². The fourth-order valence-electron chi connectivity index (χ4n) is 3.76. The van der Waals surface area contributed by atoms with Crippen molar-refractivity contribution in [1.82, 2.24) is 14.7 Å². The second-order valence-corrected chi connectivity index (χ2v) is 7.30. The van der Waals surface area contributed by atoms with Gasteiger partial charge in [0.25, 0.3) is 11.5 Å². The van der Waals surface area contributed by atoms with E-state index in [4.69, 9.17) is 4.74 Å². The third-order valence-corrected chi connectivity index (χ3v) is 5.43. The molecule has 30 heavy (non-hydrogen) atoms. The van der Waals surface area contributed by atoms with Crippen LogP contribution in [0.4, 0.5) is 0 Å². The summed E-state index contributed by atoms with van der Waals surface area (Å²) in [6, 6.07) is 17.0. The number of amides is 1. The fraction of sp³-hybridized carbons (Fsp3) is 0.375. The first-order valence-electron chi connectivity index (χ1n) is 10.4. The molecule has 0 radical (unpaired) electrons. The summed E-state index contributed by atoms with van der Waals surface area (Å²) in [5.74, 6) is -0.168. The van der Waals surface area contributed by atoms with E-state index in [1.165, 1.54) is 4.68 Å². The second kappa shape index (κ2) is 10.2. The Morgan fingerprint density at radius 1 is 1.03 bits per heavy atom. The van der Waals surface area contributed by atoms with Gasteiger partial charge >= 0.3 is 0 Å². The van der Waals surface area contributed by atoms with Crippen LogP contribution in [-0.4, -0.2) is 46.9 Å². The van der Waals surface area contributed by atoms with Gasteiger partial charge in [-0.15, -0.1) is 0 Å². The Morgan fingerprint density at radius 3 is 2.30 bits per heavy atom. The lowest BCUT2D eigenvalue weighted by molar-refractivity contribution is 0.0583. The van der Waals surface area contributed by atoms with Gasteiger partial charge in [0, 0.05) is 25.1 Å². The number of fused-ring (bicyclic) bond motifs is 1. The summed E-state index contributed by atoms with van der Waals surface area (Å²) in [6.45, 7) is 5.39. The zero-order valence-electron chi connectivity index (χ0n) is 17.9. The number of nitrogens with zero attached hydrogens (tertiary/aromatic N) is 3. The molecule has 6 nitrogen and oxygen atoms in total. The predicted octanol–water partition coefficient (Wildman–Crippen LogP) is 3.72. The maximum absolute atomic E-state index is 13.6. The highest BCUT2D eigenvalue weighted by molar-refractivity contribution is 6.04. The Labute approximate surface area is 177 Å². The predicted molar refractivity (Wildman–Crippen MR) is 119 cm³/mol. The first-order valence-corrected chi connectivity index (χ1v) is 10.4. The molecule has 0 fully saturated rings. The molecule has 0 atom stereocenters. The van der Waals surface area contributed by atoms with E-state index in [2.05, 4.69) is 18.9 Å². The Kier molecular flexibility index (Phi) is 7.36. The van der Waals surface area contributed by atoms with Crippen LogP contribution in [0.3, 0.4) is 0 Å². The van der Waals surface area contributed by atoms with Gasteiger partial charge in [-0.3, -0.25) is 9.59 Å². The van der Waals surface area contributed by atoms with E-state index in [9.17, 15) is 9.59 Å². The molecule has 3 aromatic rings. The molecular weight excluding hydrogens is 378 g/mol. The summed E-state index contributed by atoms with van der Waals surface area (Å²) in [7, 11) is 1.63. The number of aromatic nitrogens is 2. The van der Waals surface area contributed by atoms with E-state index in [-0.39, 0.29) is 17.5 Å². The molecule has 0 saturated heterocycles. The SMILES string of the molecule is CCC(CC)N(CCOC)C(=O)c1nn(Cc2ccccc2)c(=O)c2ccccc12. The van der Waals surface area contributed by atoms with Gasteiger partial charge in [0.15, 0.2) is 5.69 Å². The van der Waals surface area contributed by atoms with Crippen LogP contribution in [0.1, 0.15) is 42.7 Å². The Morgan fingerprint density at radius 2 is 1.67 bits per heavy atom. The molecule has 0 bridgehead atoms. The Bertz CT molecular complexity index is 1040. The summed E-state index contributed by atoms with van der Waals surface area (Å²) in [4.78, 5) is 28.5.